The third-order valence-electron chi connectivity index (χ3n) is 4.21. The molecule has 2 N–H and O–H groups in total. The Balaban J connectivity index is 1.98. The zero-order chi connectivity index (χ0) is 12.9. The van der Waals surface area contributed by atoms with Crippen LogP contribution in [0.4, 0.5) is 11.5 Å². The summed E-state index contributed by atoms with van der Waals surface area (Å²) < 4.78 is 1.68. The minimum absolute atomic E-state index is 0.0357. The molecule has 7 nitrogen and oxygen atoms in total. The predicted molar refractivity (Wildman–Crippen MR) is 66.2 cm³/mol. The molecule has 4 heterocycles. The molecule has 1 aromatic rings. The van der Waals surface area contributed by atoms with Gasteiger partial charge in [0.05, 0.1) is 11.0 Å². The maximum absolute atomic E-state index is 11.0. The monoisotopic (exact) mass is 251 g/mol. The van der Waals surface area contributed by atoms with Crippen molar-refractivity contribution in [1.82, 2.24) is 14.7 Å². The largest absolute Gasteiger partial charge is 0.378 e. The highest BCUT2D eigenvalue weighted by Gasteiger charge is 2.38. The number of aromatic nitrogens is 2. The first kappa shape index (κ1) is 11.5. The summed E-state index contributed by atoms with van der Waals surface area (Å²) in [6.07, 6.45) is 2.27. The summed E-state index contributed by atoms with van der Waals surface area (Å²) in [6, 6.07) is 0.194. The van der Waals surface area contributed by atoms with Gasteiger partial charge in [0.1, 0.15) is 5.69 Å². The van der Waals surface area contributed by atoms with Crippen molar-refractivity contribution in [3.05, 3.63) is 15.8 Å². The van der Waals surface area contributed by atoms with E-state index in [1.165, 1.54) is 0 Å². The van der Waals surface area contributed by atoms with Crippen LogP contribution in [0.3, 0.4) is 0 Å². The molecule has 0 spiro atoms. The lowest BCUT2D eigenvalue weighted by Gasteiger charge is -2.44. The second-order valence-corrected chi connectivity index (χ2v) is 5.23. The number of nitrogens with two attached hydrogens (primary N) is 1. The first-order chi connectivity index (χ1) is 8.58. The summed E-state index contributed by atoms with van der Waals surface area (Å²) >= 11 is 0. The van der Waals surface area contributed by atoms with Crippen LogP contribution in [0.2, 0.25) is 0 Å². The van der Waals surface area contributed by atoms with E-state index >= 15 is 0 Å². The molecule has 1 atom stereocenters. The molecule has 1 unspecified atom stereocenters. The molecule has 0 saturated carbocycles. The molecule has 0 aromatic carbocycles. The Morgan fingerprint density at radius 3 is 2.56 bits per heavy atom. The second kappa shape index (κ2) is 3.94. The number of piperidine rings is 3. The smallest absolute Gasteiger partial charge is 0.333 e. The van der Waals surface area contributed by atoms with Gasteiger partial charge < -0.3 is 10.6 Å². The molecule has 0 amide bonds. The van der Waals surface area contributed by atoms with Gasteiger partial charge in [-0.1, -0.05) is 0 Å². The standard InChI is InChI=1S/C11H17N5O2/c1-7-10(16(17)18)11(12)15(13-7)9-6-14-4-2-8(9)3-5-14/h8-9H,2-6,12H2,1H3. The number of hydrogen-bond donors (Lipinski definition) is 1. The number of hydrogen-bond acceptors (Lipinski definition) is 5. The van der Waals surface area contributed by atoms with E-state index in [9.17, 15) is 10.1 Å². The molecule has 3 aliphatic rings. The van der Waals surface area contributed by atoms with Crippen molar-refractivity contribution >= 4 is 11.5 Å². The van der Waals surface area contributed by atoms with Crippen molar-refractivity contribution in [3.63, 3.8) is 0 Å². The average molecular weight is 251 g/mol. The molecule has 1 aromatic heterocycles. The van der Waals surface area contributed by atoms with Crippen LogP contribution in [0.15, 0.2) is 0 Å². The molecule has 0 aliphatic carbocycles. The lowest BCUT2D eigenvalue weighted by Crippen LogP contribution is -2.48. The SMILES string of the molecule is Cc1nn(C2CN3CCC2CC3)c(N)c1[N+](=O)[O-]. The zero-order valence-corrected chi connectivity index (χ0v) is 10.4. The fourth-order valence-electron chi connectivity index (χ4n) is 3.25. The van der Waals surface area contributed by atoms with Crippen LogP contribution in [0, 0.1) is 23.0 Å². The van der Waals surface area contributed by atoms with Gasteiger partial charge in [-0.2, -0.15) is 5.10 Å². The van der Waals surface area contributed by atoms with Crippen LogP contribution in [0.25, 0.3) is 0 Å². The summed E-state index contributed by atoms with van der Waals surface area (Å²) in [5.41, 5.74) is 6.28. The highest BCUT2D eigenvalue weighted by Crippen LogP contribution is 2.38. The first-order valence-electron chi connectivity index (χ1n) is 6.29. The number of anilines is 1. The van der Waals surface area contributed by atoms with Gasteiger partial charge in [0.25, 0.3) is 0 Å². The van der Waals surface area contributed by atoms with Gasteiger partial charge in [-0.15, -0.1) is 0 Å². The molecule has 98 valence electrons. The molecule has 0 radical (unpaired) electrons. The Morgan fingerprint density at radius 1 is 1.44 bits per heavy atom. The molecule has 4 rings (SSSR count). The van der Waals surface area contributed by atoms with Crippen molar-refractivity contribution in [2.45, 2.75) is 25.8 Å². The minimum atomic E-state index is -0.435. The highest BCUT2D eigenvalue weighted by atomic mass is 16.6. The van der Waals surface area contributed by atoms with Crippen molar-refractivity contribution in [1.29, 1.82) is 0 Å². The highest BCUT2D eigenvalue weighted by molar-refractivity contribution is 5.56. The maximum atomic E-state index is 11.0. The topological polar surface area (TPSA) is 90.2 Å². The molecular formula is C11H17N5O2. The number of fused-ring (bicyclic) bond motifs is 3. The predicted octanol–water partition coefficient (Wildman–Crippen LogP) is 0.949. The maximum Gasteiger partial charge on any atom is 0.333 e. The molecule has 3 aliphatic heterocycles. The quantitative estimate of drug-likeness (QED) is 0.624. The Bertz CT molecular complexity index is 490. The fraction of sp³-hybridized carbons (Fsp3) is 0.727. The van der Waals surface area contributed by atoms with Gasteiger partial charge in [-0.25, -0.2) is 4.68 Å². The lowest BCUT2D eigenvalue weighted by atomic mass is 9.84. The van der Waals surface area contributed by atoms with Crippen molar-refractivity contribution in [2.24, 2.45) is 5.92 Å². The van der Waals surface area contributed by atoms with Crippen LogP contribution >= 0.6 is 0 Å². The molecule has 3 fully saturated rings. The normalized spacial score (nSPS) is 30.6. The summed E-state index contributed by atoms with van der Waals surface area (Å²) in [7, 11) is 0. The van der Waals surface area contributed by atoms with Crippen LogP contribution in [0.5, 0.6) is 0 Å². The zero-order valence-electron chi connectivity index (χ0n) is 10.4. The Labute approximate surface area is 105 Å². The van der Waals surface area contributed by atoms with Gasteiger partial charge in [0, 0.05) is 6.54 Å². The molecule has 7 heteroatoms. The number of nitrogen functional groups attached to an aromatic ring is 1. The molecule has 2 bridgehead atoms. The van der Waals surface area contributed by atoms with Gasteiger partial charge in [-0.05, 0) is 38.8 Å². The van der Waals surface area contributed by atoms with Crippen LogP contribution in [-0.2, 0) is 0 Å². The van der Waals surface area contributed by atoms with Gasteiger partial charge in [-0.3, -0.25) is 10.1 Å². The second-order valence-electron chi connectivity index (χ2n) is 5.23. The fourth-order valence-corrected chi connectivity index (χ4v) is 3.25. The minimum Gasteiger partial charge on any atom is -0.378 e. The van der Waals surface area contributed by atoms with E-state index in [1.54, 1.807) is 11.6 Å². The van der Waals surface area contributed by atoms with Gasteiger partial charge in [0.15, 0.2) is 0 Å². The van der Waals surface area contributed by atoms with Crippen molar-refractivity contribution in [3.8, 4) is 0 Å². The van der Waals surface area contributed by atoms with E-state index in [-0.39, 0.29) is 17.5 Å². The number of nitrogens with zero attached hydrogens (tertiary/aromatic N) is 4. The van der Waals surface area contributed by atoms with Crippen molar-refractivity contribution in [2.75, 3.05) is 25.4 Å². The Morgan fingerprint density at radius 2 is 2.11 bits per heavy atom. The van der Waals surface area contributed by atoms with Crippen LogP contribution < -0.4 is 5.73 Å². The average Bonchev–Trinajstić information content (AvgIpc) is 2.66. The Hall–Kier alpha value is -1.63. The van der Waals surface area contributed by atoms with Crippen LogP contribution in [0.1, 0.15) is 24.6 Å². The van der Waals surface area contributed by atoms with Gasteiger partial charge >= 0.3 is 5.69 Å². The van der Waals surface area contributed by atoms with E-state index < -0.39 is 4.92 Å². The third kappa shape index (κ3) is 1.58. The Kier molecular flexibility index (Phi) is 2.51. The van der Waals surface area contributed by atoms with Crippen molar-refractivity contribution < 1.29 is 4.92 Å². The summed E-state index contributed by atoms with van der Waals surface area (Å²) in [4.78, 5) is 12.9. The molecule has 18 heavy (non-hydrogen) atoms. The number of aryl methyl sites for hydroxylation is 1. The molecule has 3 saturated heterocycles. The lowest BCUT2D eigenvalue weighted by molar-refractivity contribution is -0.384. The third-order valence-corrected chi connectivity index (χ3v) is 4.21. The summed E-state index contributed by atoms with van der Waals surface area (Å²) in [5, 5.41) is 15.3. The van der Waals surface area contributed by atoms with Crippen LogP contribution in [-0.4, -0.2) is 39.2 Å². The summed E-state index contributed by atoms with van der Waals surface area (Å²) in [6.45, 7) is 4.81. The first-order valence-corrected chi connectivity index (χ1v) is 6.29. The van der Waals surface area contributed by atoms with E-state index in [2.05, 4.69) is 10.00 Å². The summed E-state index contributed by atoms with van der Waals surface area (Å²) in [5.74, 6) is 0.757. The van der Waals surface area contributed by atoms with E-state index in [0.29, 0.717) is 11.6 Å². The molecular weight excluding hydrogens is 234 g/mol. The van der Waals surface area contributed by atoms with Gasteiger partial charge in [0.2, 0.25) is 5.82 Å². The van der Waals surface area contributed by atoms with E-state index in [1.807, 2.05) is 0 Å². The number of nitro groups is 1. The van der Waals surface area contributed by atoms with E-state index in [0.717, 1.165) is 32.5 Å². The number of rotatable bonds is 2. The van der Waals surface area contributed by atoms with E-state index in [4.69, 9.17) is 5.73 Å².